The van der Waals surface area contributed by atoms with Crippen molar-refractivity contribution in [2.75, 3.05) is 6.61 Å². The van der Waals surface area contributed by atoms with Crippen LogP contribution >= 0.6 is 11.6 Å². The zero-order valence-corrected chi connectivity index (χ0v) is 13.5. The van der Waals surface area contributed by atoms with Gasteiger partial charge in [0.25, 0.3) is 0 Å². The summed E-state index contributed by atoms with van der Waals surface area (Å²) in [5.74, 6) is 0.0254. The second kappa shape index (κ2) is 6.11. The molecule has 1 N–H and O–H groups in total. The van der Waals surface area contributed by atoms with Crippen molar-refractivity contribution in [2.24, 2.45) is 0 Å². The number of para-hydroxylation sites is 1. The topological polar surface area (TPSA) is 38.0 Å². The van der Waals surface area contributed by atoms with Crippen LogP contribution in [0, 0.1) is 6.92 Å². The van der Waals surface area contributed by atoms with Crippen molar-refractivity contribution in [1.29, 1.82) is 0 Å². The van der Waals surface area contributed by atoms with Crippen LogP contribution in [0.25, 0.3) is 10.9 Å². The van der Waals surface area contributed by atoms with Crippen molar-refractivity contribution in [3.63, 3.8) is 0 Å². The molecule has 0 aliphatic heterocycles. The maximum absolute atomic E-state index is 9.46. The van der Waals surface area contributed by atoms with Gasteiger partial charge in [0.2, 0.25) is 0 Å². The second-order valence-electron chi connectivity index (χ2n) is 5.71. The zero-order chi connectivity index (χ0) is 15.7. The first-order chi connectivity index (χ1) is 10.6. The number of aliphatic hydroxyl groups is 1. The fourth-order valence-electron chi connectivity index (χ4n) is 2.72. The number of hydrogen-bond acceptors (Lipinski definition) is 2. The highest BCUT2D eigenvalue weighted by molar-refractivity contribution is 6.30. The first-order valence-corrected chi connectivity index (χ1v) is 7.79. The molecule has 0 saturated carbocycles. The second-order valence-corrected chi connectivity index (χ2v) is 6.15. The lowest BCUT2D eigenvalue weighted by molar-refractivity contribution is 0.271. The largest absolute Gasteiger partial charge is 0.396 e. The van der Waals surface area contributed by atoms with Gasteiger partial charge in [0.1, 0.15) is 0 Å². The Bertz CT molecular complexity index is 810. The summed E-state index contributed by atoms with van der Waals surface area (Å²) >= 11 is 6.03. The number of hydrogen-bond donors (Lipinski definition) is 1. The summed E-state index contributed by atoms with van der Waals surface area (Å²) in [6.07, 6.45) is 0. The van der Waals surface area contributed by atoms with Gasteiger partial charge in [-0.3, -0.25) is 4.68 Å². The first kappa shape index (κ1) is 15.1. The van der Waals surface area contributed by atoms with E-state index >= 15 is 0 Å². The van der Waals surface area contributed by atoms with Crippen LogP contribution < -0.4 is 0 Å². The Morgan fingerprint density at radius 2 is 2.00 bits per heavy atom. The SMILES string of the molecule is Cc1cc(Cl)ccc1Cn1nc(C(C)CO)c2ccccc21. The molecule has 2 aromatic carbocycles. The molecule has 0 aliphatic rings. The van der Waals surface area contributed by atoms with Crippen molar-refractivity contribution < 1.29 is 5.11 Å². The average molecular weight is 315 g/mol. The maximum Gasteiger partial charge on any atom is 0.0754 e. The fraction of sp³-hybridized carbons (Fsp3) is 0.278. The molecule has 0 bridgehead atoms. The number of nitrogens with zero attached hydrogens (tertiary/aromatic N) is 2. The van der Waals surface area contributed by atoms with Crippen molar-refractivity contribution in [3.05, 3.63) is 64.3 Å². The van der Waals surface area contributed by atoms with Crippen LogP contribution in [-0.4, -0.2) is 21.5 Å². The molecule has 4 heteroatoms. The van der Waals surface area contributed by atoms with Crippen LogP contribution in [0.1, 0.15) is 29.7 Å². The van der Waals surface area contributed by atoms with Gasteiger partial charge < -0.3 is 5.11 Å². The van der Waals surface area contributed by atoms with Crippen LogP contribution in [0.2, 0.25) is 5.02 Å². The molecule has 0 saturated heterocycles. The molecular weight excluding hydrogens is 296 g/mol. The lowest BCUT2D eigenvalue weighted by atomic mass is 10.1. The highest BCUT2D eigenvalue weighted by atomic mass is 35.5. The lowest BCUT2D eigenvalue weighted by Gasteiger charge is -2.08. The normalized spacial score (nSPS) is 12.7. The molecule has 1 atom stereocenters. The molecule has 3 nitrogen and oxygen atoms in total. The molecule has 1 unspecified atom stereocenters. The zero-order valence-electron chi connectivity index (χ0n) is 12.8. The minimum atomic E-state index is 0.0254. The lowest BCUT2D eigenvalue weighted by Crippen LogP contribution is -2.06. The predicted molar refractivity (Wildman–Crippen MR) is 90.5 cm³/mol. The summed E-state index contributed by atoms with van der Waals surface area (Å²) in [6, 6.07) is 14.1. The van der Waals surface area contributed by atoms with Crippen LogP contribution in [-0.2, 0) is 6.54 Å². The Kier molecular flexibility index (Phi) is 4.19. The molecule has 0 amide bonds. The number of aryl methyl sites for hydroxylation is 1. The first-order valence-electron chi connectivity index (χ1n) is 7.41. The van der Waals surface area contributed by atoms with E-state index in [-0.39, 0.29) is 12.5 Å². The molecular formula is C18H19ClN2O. The third-order valence-electron chi connectivity index (χ3n) is 4.05. The van der Waals surface area contributed by atoms with Gasteiger partial charge in [-0.25, -0.2) is 0 Å². The van der Waals surface area contributed by atoms with Crippen LogP contribution in [0.15, 0.2) is 42.5 Å². The monoisotopic (exact) mass is 314 g/mol. The number of aliphatic hydroxyl groups excluding tert-OH is 1. The standard InChI is InChI=1S/C18H19ClN2O/c1-12-9-15(19)8-7-14(12)10-21-17-6-4-3-5-16(17)18(20-21)13(2)11-22/h3-9,13,22H,10-11H2,1-2H3. The minimum absolute atomic E-state index is 0.0254. The highest BCUT2D eigenvalue weighted by Gasteiger charge is 2.15. The third-order valence-corrected chi connectivity index (χ3v) is 4.29. The molecule has 0 fully saturated rings. The van der Waals surface area contributed by atoms with Gasteiger partial charge in [0.05, 0.1) is 24.4 Å². The van der Waals surface area contributed by atoms with Crippen molar-refractivity contribution in [3.8, 4) is 0 Å². The van der Waals surface area contributed by atoms with Gasteiger partial charge in [-0.1, -0.05) is 42.8 Å². The van der Waals surface area contributed by atoms with E-state index in [0.29, 0.717) is 6.54 Å². The highest BCUT2D eigenvalue weighted by Crippen LogP contribution is 2.26. The number of halogens is 1. The van der Waals surface area contributed by atoms with Gasteiger partial charge in [-0.05, 0) is 36.2 Å². The summed E-state index contributed by atoms with van der Waals surface area (Å²) in [7, 11) is 0. The van der Waals surface area contributed by atoms with E-state index in [1.807, 2.05) is 41.9 Å². The van der Waals surface area contributed by atoms with Gasteiger partial charge in [0, 0.05) is 16.3 Å². The van der Waals surface area contributed by atoms with Gasteiger partial charge in [-0.2, -0.15) is 5.10 Å². The van der Waals surface area contributed by atoms with Crippen LogP contribution in [0.3, 0.4) is 0 Å². The Morgan fingerprint density at radius 1 is 1.23 bits per heavy atom. The van der Waals surface area contributed by atoms with Crippen LogP contribution in [0.4, 0.5) is 0 Å². The van der Waals surface area contributed by atoms with E-state index < -0.39 is 0 Å². The Balaban J connectivity index is 2.07. The number of fused-ring (bicyclic) bond motifs is 1. The smallest absolute Gasteiger partial charge is 0.0754 e. The van der Waals surface area contributed by atoms with E-state index in [1.54, 1.807) is 0 Å². The van der Waals surface area contributed by atoms with E-state index in [0.717, 1.165) is 27.2 Å². The summed E-state index contributed by atoms with van der Waals surface area (Å²) in [6.45, 7) is 4.85. The third kappa shape index (κ3) is 2.74. The molecule has 0 spiro atoms. The number of aromatic nitrogens is 2. The van der Waals surface area contributed by atoms with E-state index in [9.17, 15) is 5.11 Å². The van der Waals surface area contributed by atoms with Crippen molar-refractivity contribution in [2.45, 2.75) is 26.3 Å². The number of rotatable bonds is 4. The molecule has 1 heterocycles. The van der Waals surface area contributed by atoms with E-state index in [4.69, 9.17) is 16.7 Å². The number of benzene rings is 2. The quantitative estimate of drug-likeness (QED) is 0.786. The molecule has 0 radical (unpaired) electrons. The predicted octanol–water partition coefficient (Wildman–Crippen LogP) is 4.14. The van der Waals surface area contributed by atoms with Crippen molar-refractivity contribution >= 4 is 22.5 Å². The summed E-state index contributed by atoms with van der Waals surface area (Å²) in [4.78, 5) is 0. The molecule has 3 rings (SSSR count). The summed E-state index contributed by atoms with van der Waals surface area (Å²) in [5, 5.41) is 16.1. The summed E-state index contributed by atoms with van der Waals surface area (Å²) in [5.41, 5.74) is 4.39. The van der Waals surface area contributed by atoms with E-state index in [2.05, 4.69) is 19.1 Å². The maximum atomic E-state index is 9.46. The Labute approximate surface area is 135 Å². The van der Waals surface area contributed by atoms with Gasteiger partial charge in [0.15, 0.2) is 0 Å². The minimum Gasteiger partial charge on any atom is -0.396 e. The van der Waals surface area contributed by atoms with Gasteiger partial charge in [-0.15, -0.1) is 0 Å². The molecule has 3 aromatic rings. The average Bonchev–Trinajstić information content (AvgIpc) is 2.88. The fourth-order valence-corrected chi connectivity index (χ4v) is 2.95. The Hall–Kier alpha value is -1.84. The van der Waals surface area contributed by atoms with Crippen molar-refractivity contribution in [1.82, 2.24) is 9.78 Å². The molecule has 1 aromatic heterocycles. The summed E-state index contributed by atoms with van der Waals surface area (Å²) < 4.78 is 2.01. The Morgan fingerprint density at radius 3 is 2.73 bits per heavy atom. The van der Waals surface area contributed by atoms with Gasteiger partial charge >= 0.3 is 0 Å². The van der Waals surface area contributed by atoms with E-state index in [1.165, 1.54) is 5.56 Å². The molecule has 0 aliphatic carbocycles. The molecule has 114 valence electrons. The molecule has 22 heavy (non-hydrogen) atoms. The van der Waals surface area contributed by atoms with Crippen LogP contribution in [0.5, 0.6) is 0 Å².